The fourth-order valence-corrected chi connectivity index (χ4v) is 3.22. The number of benzene rings is 2. The molecule has 110 valence electrons. The molecule has 0 atom stereocenters. The predicted octanol–water partition coefficient (Wildman–Crippen LogP) is 5.40. The second kappa shape index (κ2) is 5.54. The van der Waals surface area contributed by atoms with Gasteiger partial charge >= 0.3 is 0 Å². The van der Waals surface area contributed by atoms with Crippen LogP contribution in [0.3, 0.4) is 0 Å². The van der Waals surface area contributed by atoms with Crippen LogP contribution in [0.1, 0.15) is 25.0 Å². The van der Waals surface area contributed by atoms with Crippen LogP contribution in [0.25, 0.3) is 0 Å². The molecule has 1 heterocycles. The van der Waals surface area contributed by atoms with Crippen LogP contribution >= 0.6 is 27.5 Å². The summed E-state index contributed by atoms with van der Waals surface area (Å²) < 4.78 is 12.9. The molecule has 21 heavy (non-hydrogen) atoms. The molecule has 0 fully saturated rings. The van der Waals surface area contributed by atoms with Gasteiger partial charge in [-0.1, -0.05) is 45.7 Å². The van der Waals surface area contributed by atoms with Crippen molar-refractivity contribution in [2.75, 3.05) is 0 Å². The van der Waals surface area contributed by atoms with Gasteiger partial charge in [0.2, 0.25) is 0 Å². The minimum atomic E-state index is -0.170. The molecular weight excluding hydrogens is 352 g/mol. The van der Waals surface area contributed by atoms with Gasteiger partial charge in [0.1, 0.15) is 12.2 Å². The van der Waals surface area contributed by atoms with Crippen molar-refractivity contribution >= 4 is 27.5 Å². The van der Waals surface area contributed by atoms with Gasteiger partial charge in [0.15, 0.2) is 11.5 Å². The van der Waals surface area contributed by atoms with Crippen LogP contribution in [0.15, 0.2) is 40.9 Å². The lowest BCUT2D eigenvalue weighted by Crippen LogP contribution is -2.24. The summed E-state index contributed by atoms with van der Waals surface area (Å²) in [5.74, 6) is 1.63. The highest BCUT2D eigenvalue weighted by molar-refractivity contribution is 9.10. The molecule has 3 rings (SSSR count). The molecule has 0 bridgehead atoms. The lowest BCUT2D eigenvalue weighted by atomic mass is 10.0. The lowest BCUT2D eigenvalue weighted by Gasteiger charge is -2.18. The van der Waals surface area contributed by atoms with E-state index in [0.29, 0.717) is 11.6 Å². The first-order chi connectivity index (χ1) is 9.94. The molecule has 0 saturated heterocycles. The Morgan fingerprint density at radius 1 is 1.29 bits per heavy atom. The van der Waals surface area contributed by atoms with E-state index in [1.54, 1.807) is 0 Å². The molecule has 2 aromatic carbocycles. The molecule has 1 aliphatic rings. The Hall–Kier alpha value is -1.19. The van der Waals surface area contributed by atoms with Crippen molar-refractivity contribution in [3.05, 3.63) is 57.0 Å². The van der Waals surface area contributed by atoms with Crippen molar-refractivity contribution in [1.82, 2.24) is 0 Å². The van der Waals surface area contributed by atoms with E-state index >= 15 is 0 Å². The van der Waals surface area contributed by atoms with Crippen molar-refractivity contribution in [1.29, 1.82) is 0 Å². The Balaban J connectivity index is 1.80. The fourth-order valence-electron chi connectivity index (χ4n) is 2.50. The van der Waals surface area contributed by atoms with E-state index in [1.807, 2.05) is 30.3 Å². The Bertz CT molecular complexity index is 682. The highest BCUT2D eigenvalue weighted by Gasteiger charge is 2.32. The maximum Gasteiger partial charge on any atom is 0.165 e. The standard InChI is InChI=1S/C17H16BrClO2/c1-17(2)9-11-4-3-5-15(16(11)21-17)20-10-12-6-7-13(18)8-14(12)19/h3-8H,9-10H2,1-2H3. The van der Waals surface area contributed by atoms with Gasteiger partial charge in [0.05, 0.1) is 0 Å². The van der Waals surface area contributed by atoms with Crippen molar-refractivity contribution in [3.8, 4) is 11.5 Å². The monoisotopic (exact) mass is 366 g/mol. The molecule has 2 aromatic rings. The summed E-state index contributed by atoms with van der Waals surface area (Å²) in [6.45, 7) is 4.59. The van der Waals surface area contributed by atoms with Gasteiger partial charge in [-0.05, 0) is 32.0 Å². The van der Waals surface area contributed by atoms with Crippen LogP contribution in [-0.2, 0) is 13.0 Å². The summed E-state index contributed by atoms with van der Waals surface area (Å²) in [6.07, 6.45) is 0.901. The van der Waals surface area contributed by atoms with Crippen LogP contribution in [0.5, 0.6) is 11.5 Å². The van der Waals surface area contributed by atoms with E-state index < -0.39 is 0 Å². The van der Waals surface area contributed by atoms with Crippen LogP contribution < -0.4 is 9.47 Å². The van der Waals surface area contributed by atoms with Crippen LogP contribution in [0.4, 0.5) is 0 Å². The van der Waals surface area contributed by atoms with E-state index in [1.165, 1.54) is 5.56 Å². The minimum absolute atomic E-state index is 0.170. The van der Waals surface area contributed by atoms with Crippen LogP contribution in [0.2, 0.25) is 5.02 Å². The predicted molar refractivity (Wildman–Crippen MR) is 88.3 cm³/mol. The fraction of sp³-hybridized carbons (Fsp3) is 0.294. The van der Waals surface area contributed by atoms with Gasteiger partial charge in [0.25, 0.3) is 0 Å². The normalized spacial score (nSPS) is 15.4. The number of fused-ring (bicyclic) bond motifs is 1. The van der Waals surface area contributed by atoms with E-state index in [2.05, 4.69) is 35.8 Å². The van der Waals surface area contributed by atoms with Crippen LogP contribution in [-0.4, -0.2) is 5.60 Å². The molecule has 0 unspecified atom stereocenters. The summed E-state index contributed by atoms with van der Waals surface area (Å²) in [4.78, 5) is 0. The van der Waals surface area contributed by atoms with Crippen molar-refractivity contribution in [2.24, 2.45) is 0 Å². The quantitative estimate of drug-likeness (QED) is 0.723. The third-order valence-corrected chi connectivity index (χ3v) is 4.30. The first kappa shape index (κ1) is 14.7. The Morgan fingerprint density at radius 3 is 2.86 bits per heavy atom. The van der Waals surface area contributed by atoms with E-state index in [-0.39, 0.29) is 5.60 Å². The second-order valence-electron chi connectivity index (χ2n) is 5.81. The SMILES string of the molecule is CC1(C)Cc2cccc(OCc3ccc(Br)cc3Cl)c2O1. The van der Waals surface area contributed by atoms with E-state index in [9.17, 15) is 0 Å². The first-order valence-corrected chi connectivity index (χ1v) is 7.99. The molecule has 0 amide bonds. The molecule has 0 radical (unpaired) electrons. The molecule has 0 aliphatic carbocycles. The summed E-state index contributed by atoms with van der Waals surface area (Å²) in [6, 6.07) is 11.8. The minimum Gasteiger partial charge on any atom is -0.485 e. The molecular formula is C17H16BrClO2. The topological polar surface area (TPSA) is 18.5 Å². The molecule has 0 N–H and O–H groups in total. The Kier molecular flexibility index (Phi) is 3.89. The molecule has 0 spiro atoms. The number of hydrogen-bond acceptors (Lipinski definition) is 2. The van der Waals surface area contributed by atoms with Gasteiger partial charge in [-0.2, -0.15) is 0 Å². The largest absolute Gasteiger partial charge is 0.485 e. The zero-order chi connectivity index (χ0) is 15.0. The van der Waals surface area contributed by atoms with E-state index in [4.69, 9.17) is 21.1 Å². The molecule has 2 nitrogen and oxygen atoms in total. The van der Waals surface area contributed by atoms with Gasteiger partial charge in [-0.25, -0.2) is 0 Å². The molecule has 0 saturated carbocycles. The van der Waals surface area contributed by atoms with Gasteiger partial charge < -0.3 is 9.47 Å². The number of ether oxygens (including phenoxy) is 2. The molecule has 0 aromatic heterocycles. The van der Waals surface area contributed by atoms with Crippen molar-refractivity contribution < 1.29 is 9.47 Å². The van der Waals surface area contributed by atoms with E-state index in [0.717, 1.165) is 28.0 Å². The van der Waals surface area contributed by atoms with Crippen molar-refractivity contribution in [3.63, 3.8) is 0 Å². The smallest absolute Gasteiger partial charge is 0.165 e. The zero-order valence-corrected chi connectivity index (χ0v) is 14.3. The summed E-state index contributed by atoms with van der Waals surface area (Å²) >= 11 is 9.62. The summed E-state index contributed by atoms with van der Waals surface area (Å²) in [5, 5.41) is 0.693. The highest BCUT2D eigenvalue weighted by atomic mass is 79.9. The number of para-hydroxylation sites is 1. The molecule has 4 heteroatoms. The Labute approximate surface area is 138 Å². The average molecular weight is 368 g/mol. The maximum absolute atomic E-state index is 6.22. The average Bonchev–Trinajstić information content (AvgIpc) is 2.72. The summed E-state index contributed by atoms with van der Waals surface area (Å²) in [5.41, 5.74) is 1.98. The summed E-state index contributed by atoms with van der Waals surface area (Å²) in [7, 11) is 0. The van der Waals surface area contributed by atoms with Crippen LogP contribution in [0, 0.1) is 0 Å². The third-order valence-electron chi connectivity index (χ3n) is 3.45. The Morgan fingerprint density at radius 2 is 2.10 bits per heavy atom. The zero-order valence-electron chi connectivity index (χ0n) is 12.0. The second-order valence-corrected chi connectivity index (χ2v) is 7.13. The lowest BCUT2D eigenvalue weighted by molar-refractivity contribution is 0.131. The van der Waals surface area contributed by atoms with Gasteiger partial charge in [-0.3, -0.25) is 0 Å². The first-order valence-electron chi connectivity index (χ1n) is 6.82. The number of hydrogen-bond donors (Lipinski definition) is 0. The third kappa shape index (κ3) is 3.19. The molecule has 1 aliphatic heterocycles. The number of rotatable bonds is 3. The highest BCUT2D eigenvalue weighted by Crippen LogP contribution is 2.42. The van der Waals surface area contributed by atoms with Crippen molar-refractivity contribution in [2.45, 2.75) is 32.5 Å². The number of halogens is 2. The van der Waals surface area contributed by atoms with Gasteiger partial charge in [0, 0.05) is 27.0 Å². The maximum atomic E-state index is 6.22. The van der Waals surface area contributed by atoms with Gasteiger partial charge in [-0.15, -0.1) is 0 Å².